The molecule has 2 aromatic rings. The third kappa shape index (κ3) is 5.75. The topological polar surface area (TPSA) is 130 Å². The molecule has 2 aliphatic heterocycles. The molecule has 0 amide bonds. The SMILES string of the molecule is NC(N)=N/C(=N\S(=O)(=O)N1CCCCC1)N1CCC(c2ccccc2)C(c2ccc(Cl)cc2)=N1. The van der Waals surface area contributed by atoms with Crippen molar-refractivity contribution < 1.29 is 8.42 Å². The quantitative estimate of drug-likeness (QED) is 0.491. The minimum Gasteiger partial charge on any atom is -0.370 e. The number of piperidine rings is 1. The van der Waals surface area contributed by atoms with Crippen molar-refractivity contribution in [1.29, 1.82) is 0 Å². The van der Waals surface area contributed by atoms with Gasteiger partial charge in [-0.1, -0.05) is 60.5 Å². The first-order chi connectivity index (χ1) is 16.3. The maximum absolute atomic E-state index is 13.0. The standard InChI is InChI=1S/C23H28ClN7O2S/c24-19-11-9-18(10-12-19)21-20(17-7-3-1-4-8-17)13-16-31(28-21)23(27-22(25)26)29-34(32,33)30-14-5-2-6-15-30/h1,3-4,7-12,20H,2,5-6,13-16H2,(H4,25,26,27,29). The van der Waals surface area contributed by atoms with E-state index in [9.17, 15) is 8.42 Å². The average molecular weight is 502 g/mol. The van der Waals surface area contributed by atoms with Crippen molar-refractivity contribution in [3.05, 3.63) is 70.7 Å². The molecule has 34 heavy (non-hydrogen) atoms. The van der Waals surface area contributed by atoms with E-state index >= 15 is 0 Å². The number of hydrazone groups is 1. The smallest absolute Gasteiger partial charge is 0.325 e. The summed E-state index contributed by atoms with van der Waals surface area (Å²) in [6.07, 6.45) is 3.26. The molecule has 1 atom stereocenters. The predicted octanol–water partition coefficient (Wildman–Crippen LogP) is 2.89. The van der Waals surface area contributed by atoms with Crippen LogP contribution in [0.4, 0.5) is 0 Å². The molecule has 0 spiro atoms. The largest absolute Gasteiger partial charge is 0.370 e. The first kappa shape index (κ1) is 24.2. The molecular weight excluding hydrogens is 474 g/mol. The fourth-order valence-corrected chi connectivity index (χ4v) is 5.47. The van der Waals surface area contributed by atoms with Crippen molar-refractivity contribution in [3.63, 3.8) is 0 Å². The van der Waals surface area contributed by atoms with Gasteiger partial charge in [0.05, 0.1) is 5.71 Å². The Morgan fingerprint density at radius 1 is 0.971 bits per heavy atom. The molecule has 2 heterocycles. The molecule has 2 aliphatic rings. The Labute approximate surface area is 205 Å². The van der Waals surface area contributed by atoms with Crippen LogP contribution >= 0.6 is 11.6 Å². The highest BCUT2D eigenvalue weighted by Crippen LogP contribution is 2.30. The second kappa shape index (κ2) is 10.5. The monoisotopic (exact) mass is 501 g/mol. The van der Waals surface area contributed by atoms with Crippen LogP contribution in [0.25, 0.3) is 0 Å². The van der Waals surface area contributed by atoms with Gasteiger partial charge in [0.25, 0.3) is 5.96 Å². The molecule has 11 heteroatoms. The van der Waals surface area contributed by atoms with Gasteiger partial charge in [-0.2, -0.15) is 22.8 Å². The van der Waals surface area contributed by atoms with Crippen molar-refractivity contribution in [3.8, 4) is 0 Å². The summed E-state index contributed by atoms with van der Waals surface area (Å²) in [7, 11) is -3.96. The number of nitrogens with zero attached hydrogens (tertiary/aromatic N) is 5. The van der Waals surface area contributed by atoms with Crippen molar-refractivity contribution >= 4 is 39.4 Å². The summed E-state index contributed by atoms with van der Waals surface area (Å²) in [6, 6.07) is 17.4. The number of hydrogen-bond acceptors (Lipinski definition) is 3. The van der Waals surface area contributed by atoms with Crippen LogP contribution < -0.4 is 11.5 Å². The van der Waals surface area contributed by atoms with Crippen molar-refractivity contribution in [2.24, 2.45) is 26.0 Å². The second-order valence-electron chi connectivity index (χ2n) is 8.23. The molecular formula is C23H28ClN7O2S. The Bertz CT molecular complexity index is 1190. The molecule has 1 unspecified atom stereocenters. The third-order valence-electron chi connectivity index (χ3n) is 5.83. The second-order valence-corrected chi connectivity index (χ2v) is 10.3. The fourth-order valence-electron chi connectivity index (χ4n) is 4.17. The molecule has 4 N–H and O–H groups in total. The van der Waals surface area contributed by atoms with Crippen LogP contribution in [0.1, 0.15) is 42.7 Å². The van der Waals surface area contributed by atoms with E-state index in [2.05, 4.69) is 21.5 Å². The number of benzene rings is 2. The van der Waals surface area contributed by atoms with E-state index < -0.39 is 10.2 Å². The molecule has 1 fully saturated rings. The molecule has 0 aliphatic carbocycles. The van der Waals surface area contributed by atoms with Gasteiger partial charge in [-0.05, 0) is 42.5 Å². The minimum absolute atomic E-state index is 0.00206. The normalized spacial score (nSPS) is 20.0. The van der Waals surface area contributed by atoms with E-state index in [0.717, 1.165) is 36.1 Å². The Morgan fingerprint density at radius 3 is 2.29 bits per heavy atom. The van der Waals surface area contributed by atoms with E-state index in [1.807, 2.05) is 30.3 Å². The van der Waals surface area contributed by atoms with Crippen LogP contribution in [0.15, 0.2) is 69.1 Å². The lowest BCUT2D eigenvalue weighted by molar-refractivity contribution is 0.346. The first-order valence-corrected chi connectivity index (χ1v) is 13.0. The Kier molecular flexibility index (Phi) is 7.50. The zero-order valence-corrected chi connectivity index (χ0v) is 20.3. The Morgan fingerprint density at radius 2 is 1.65 bits per heavy atom. The molecule has 0 bridgehead atoms. The van der Waals surface area contributed by atoms with Crippen LogP contribution in [0.3, 0.4) is 0 Å². The van der Waals surface area contributed by atoms with E-state index in [-0.39, 0.29) is 17.8 Å². The summed E-state index contributed by atoms with van der Waals surface area (Å²) in [5, 5.41) is 6.87. The van der Waals surface area contributed by atoms with Crippen molar-refractivity contribution in [2.45, 2.75) is 31.6 Å². The highest BCUT2D eigenvalue weighted by atomic mass is 35.5. The molecule has 9 nitrogen and oxygen atoms in total. The summed E-state index contributed by atoms with van der Waals surface area (Å²) in [4.78, 5) is 4.03. The molecule has 4 rings (SSSR count). The van der Waals surface area contributed by atoms with E-state index in [0.29, 0.717) is 31.1 Å². The zero-order valence-electron chi connectivity index (χ0n) is 18.7. The summed E-state index contributed by atoms with van der Waals surface area (Å²) >= 11 is 6.10. The number of halogens is 1. The Hall–Kier alpha value is -2.95. The van der Waals surface area contributed by atoms with E-state index in [1.165, 1.54) is 9.31 Å². The lowest BCUT2D eigenvalue weighted by Crippen LogP contribution is -2.39. The summed E-state index contributed by atoms with van der Waals surface area (Å²) in [6.45, 7) is 1.24. The number of hydrogen-bond donors (Lipinski definition) is 2. The lowest BCUT2D eigenvalue weighted by Gasteiger charge is -2.31. The predicted molar refractivity (Wildman–Crippen MR) is 136 cm³/mol. The van der Waals surface area contributed by atoms with Gasteiger partial charge in [-0.25, -0.2) is 5.01 Å². The highest BCUT2D eigenvalue weighted by Gasteiger charge is 2.30. The maximum Gasteiger partial charge on any atom is 0.325 e. The summed E-state index contributed by atoms with van der Waals surface area (Å²) < 4.78 is 31.3. The van der Waals surface area contributed by atoms with Crippen LogP contribution in [0.2, 0.25) is 5.02 Å². The van der Waals surface area contributed by atoms with Crippen molar-refractivity contribution in [1.82, 2.24) is 9.31 Å². The van der Waals surface area contributed by atoms with E-state index in [1.54, 1.807) is 12.1 Å². The van der Waals surface area contributed by atoms with Gasteiger partial charge < -0.3 is 11.5 Å². The fraction of sp³-hybridized carbons (Fsp3) is 0.348. The molecule has 2 aromatic carbocycles. The van der Waals surface area contributed by atoms with Crippen LogP contribution in [0, 0.1) is 0 Å². The number of nitrogens with two attached hydrogens (primary N) is 2. The zero-order chi connectivity index (χ0) is 24.1. The van der Waals surface area contributed by atoms with Crippen LogP contribution in [0.5, 0.6) is 0 Å². The number of aliphatic imine (C=N–C) groups is 1. The van der Waals surface area contributed by atoms with E-state index in [4.69, 9.17) is 28.2 Å². The highest BCUT2D eigenvalue weighted by molar-refractivity contribution is 7.87. The van der Waals surface area contributed by atoms with Crippen LogP contribution in [-0.4, -0.2) is 55.0 Å². The van der Waals surface area contributed by atoms with Gasteiger partial charge in [0.1, 0.15) is 0 Å². The van der Waals surface area contributed by atoms with Crippen molar-refractivity contribution in [2.75, 3.05) is 19.6 Å². The number of rotatable bonds is 4. The lowest BCUT2D eigenvalue weighted by atomic mass is 9.86. The van der Waals surface area contributed by atoms with Gasteiger partial charge in [0.2, 0.25) is 0 Å². The van der Waals surface area contributed by atoms with Crippen LogP contribution in [-0.2, 0) is 10.2 Å². The summed E-state index contributed by atoms with van der Waals surface area (Å²) in [5.41, 5.74) is 14.0. The maximum atomic E-state index is 13.0. The molecule has 0 aromatic heterocycles. The van der Waals surface area contributed by atoms with Gasteiger partial charge >= 0.3 is 10.2 Å². The molecule has 0 radical (unpaired) electrons. The first-order valence-electron chi connectivity index (χ1n) is 11.2. The number of guanidine groups is 2. The molecule has 0 saturated carbocycles. The van der Waals surface area contributed by atoms with Gasteiger partial charge in [-0.3, -0.25) is 0 Å². The third-order valence-corrected chi connectivity index (χ3v) is 7.49. The summed E-state index contributed by atoms with van der Waals surface area (Å²) in [5.74, 6) is -0.442. The van der Waals surface area contributed by atoms with Gasteiger partial charge in [0.15, 0.2) is 5.96 Å². The minimum atomic E-state index is -3.96. The van der Waals surface area contributed by atoms with Gasteiger partial charge in [0, 0.05) is 30.6 Å². The van der Waals surface area contributed by atoms with Gasteiger partial charge in [-0.15, -0.1) is 4.40 Å². The average Bonchev–Trinajstić information content (AvgIpc) is 2.84. The molecule has 180 valence electrons. The molecule has 1 saturated heterocycles. The Balaban J connectivity index is 1.76.